The van der Waals surface area contributed by atoms with Crippen LogP contribution in [-0.4, -0.2) is 58.0 Å². The van der Waals surface area contributed by atoms with E-state index in [9.17, 15) is 14.7 Å². The summed E-state index contributed by atoms with van der Waals surface area (Å²) >= 11 is 0. The third-order valence-electron chi connectivity index (χ3n) is 5.03. The Bertz CT molecular complexity index is 838. The van der Waals surface area contributed by atoms with E-state index in [1.165, 1.54) is 0 Å². The number of likely N-dealkylation sites (N-methyl/N-ethyl adjacent to an activating group) is 1. The van der Waals surface area contributed by atoms with Crippen LogP contribution in [0.4, 0.5) is 0 Å². The van der Waals surface area contributed by atoms with Crippen molar-refractivity contribution >= 4 is 22.7 Å². The fourth-order valence-electron chi connectivity index (χ4n) is 3.43. The van der Waals surface area contributed by atoms with Gasteiger partial charge in [-0.05, 0) is 29.7 Å². The highest BCUT2D eigenvalue weighted by molar-refractivity contribution is 6.01. The Labute approximate surface area is 147 Å². The normalized spacial score (nSPS) is 15.5. The standard InChI is InChI=1S/C19H25N3O3/c1-12(2)16-9-14(7-13-8-15(11-23)21(4)18(13)16)19(25)22-6-5-20(3)17(24)10-22/h7-9,12,23H,5-6,10-11H2,1-4H3. The summed E-state index contributed by atoms with van der Waals surface area (Å²) in [6, 6.07) is 5.72. The lowest BCUT2D eigenvalue weighted by atomic mass is 9.97. The van der Waals surface area contributed by atoms with E-state index in [-0.39, 0.29) is 30.9 Å². The zero-order chi connectivity index (χ0) is 18.3. The van der Waals surface area contributed by atoms with Crippen LogP contribution >= 0.6 is 0 Å². The van der Waals surface area contributed by atoms with Gasteiger partial charge in [-0.25, -0.2) is 0 Å². The Morgan fingerprint density at radius 2 is 1.92 bits per heavy atom. The average molecular weight is 343 g/mol. The maximum atomic E-state index is 12.9. The largest absolute Gasteiger partial charge is 0.390 e. The van der Waals surface area contributed by atoms with E-state index in [0.717, 1.165) is 22.2 Å². The fourth-order valence-corrected chi connectivity index (χ4v) is 3.43. The number of aryl methyl sites for hydroxylation is 1. The molecule has 1 aliphatic heterocycles. The van der Waals surface area contributed by atoms with E-state index in [4.69, 9.17) is 0 Å². The lowest BCUT2D eigenvalue weighted by Crippen LogP contribution is -2.50. The number of carbonyl (C=O) groups is 2. The number of hydrogen-bond acceptors (Lipinski definition) is 3. The minimum absolute atomic E-state index is 0.0351. The van der Waals surface area contributed by atoms with Gasteiger partial charge in [0.05, 0.1) is 12.1 Å². The summed E-state index contributed by atoms with van der Waals surface area (Å²) in [5.74, 6) is 0.0937. The minimum atomic E-state index is -0.111. The van der Waals surface area contributed by atoms with Crippen molar-refractivity contribution in [3.63, 3.8) is 0 Å². The summed E-state index contributed by atoms with van der Waals surface area (Å²) in [7, 11) is 3.69. The van der Waals surface area contributed by atoms with Crippen LogP contribution in [0.3, 0.4) is 0 Å². The fraction of sp³-hybridized carbons (Fsp3) is 0.474. The summed E-state index contributed by atoms with van der Waals surface area (Å²) in [4.78, 5) is 28.1. The lowest BCUT2D eigenvalue weighted by Gasteiger charge is -2.32. The number of carbonyl (C=O) groups excluding carboxylic acids is 2. The Hall–Kier alpha value is -2.34. The van der Waals surface area contributed by atoms with Gasteiger partial charge in [-0.2, -0.15) is 0 Å². The second-order valence-electron chi connectivity index (χ2n) is 7.05. The Balaban J connectivity index is 2.05. The molecular formula is C19H25N3O3. The molecule has 6 heteroatoms. The van der Waals surface area contributed by atoms with Crippen molar-refractivity contribution in [3.8, 4) is 0 Å². The summed E-state index contributed by atoms with van der Waals surface area (Å²) in [5.41, 5.74) is 3.54. The quantitative estimate of drug-likeness (QED) is 0.923. The number of aliphatic hydroxyl groups is 1. The average Bonchev–Trinajstić information content (AvgIpc) is 2.91. The maximum Gasteiger partial charge on any atom is 0.254 e. The van der Waals surface area contributed by atoms with Crippen LogP contribution in [-0.2, 0) is 18.4 Å². The molecule has 1 aromatic carbocycles. The zero-order valence-corrected chi connectivity index (χ0v) is 15.2. The van der Waals surface area contributed by atoms with Crippen LogP contribution in [0.1, 0.15) is 41.4 Å². The minimum Gasteiger partial charge on any atom is -0.390 e. The lowest BCUT2D eigenvalue weighted by molar-refractivity contribution is -0.133. The molecule has 6 nitrogen and oxygen atoms in total. The topological polar surface area (TPSA) is 65.8 Å². The molecule has 0 atom stereocenters. The van der Waals surface area contributed by atoms with E-state index in [1.807, 2.05) is 29.8 Å². The highest BCUT2D eigenvalue weighted by atomic mass is 16.3. The van der Waals surface area contributed by atoms with Gasteiger partial charge in [0.2, 0.25) is 5.91 Å². The van der Waals surface area contributed by atoms with Crippen molar-refractivity contribution in [1.29, 1.82) is 0 Å². The highest BCUT2D eigenvalue weighted by Gasteiger charge is 2.26. The van der Waals surface area contributed by atoms with E-state index in [1.54, 1.807) is 16.8 Å². The second kappa shape index (κ2) is 6.52. The van der Waals surface area contributed by atoms with Crippen molar-refractivity contribution in [3.05, 3.63) is 35.0 Å². The van der Waals surface area contributed by atoms with Gasteiger partial charge in [0, 0.05) is 43.8 Å². The van der Waals surface area contributed by atoms with Crippen LogP contribution in [0.25, 0.3) is 10.9 Å². The van der Waals surface area contributed by atoms with Crippen LogP contribution in [0.5, 0.6) is 0 Å². The van der Waals surface area contributed by atoms with Gasteiger partial charge in [-0.3, -0.25) is 9.59 Å². The molecule has 2 aromatic rings. The van der Waals surface area contributed by atoms with Crippen molar-refractivity contribution in [2.45, 2.75) is 26.4 Å². The van der Waals surface area contributed by atoms with Crippen LogP contribution in [0.2, 0.25) is 0 Å². The van der Waals surface area contributed by atoms with Crippen molar-refractivity contribution in [2.24, 2.45) is 7.05 Å². The molecule has 2 heterocycles. The van der Waals surface area contributed by atoms with Crippen molar-refractivity contribution in [1.82, 2.24) is 14.4 Å². The molecule has 0 aliphatic carbocycles. The Morgan fingerprint density at radius 1 is 1.20 bits per heavy atom. The number of amides is 2. The smallest absolute Gasteiger partial charge is 0.254 e. The van der Waals surface area contributed by atoms with Gasteiger partial charge in [0.1, 0.15) is 6.54 Å². The van der Waals surface area contributed by atoms with Crippen LogP contribution in [0, 0.1) is 0 Å². The first-order chi connectivity index (χ1) is 11.8. The molecule has 1 N–H and O–H groups in total. The van der Waals surface area contributed by atoms with E-state index in [0.29, 0.717) is 18.7 Å². The Kier molecular flexibility index (Phi) is 4.56. The first-order valence-electron chi connectivity index (χ1n) is 8.59. The summed E-state index contributed by atoms with van der Waals surface area (Å²) in [6.07, 6.45) is 0. The van der Waals surface area contributed by atoms with Crippen molar-refractivity contribution in [2.75, 3.05) is 26.7 Å². The number of aliphatic hydroxyl groups excluding tert-OH is 1. The molecule has 1 aromatic heterocycles. The molecule has 1 aliphatic rings. The molecule has 0 spiro atoms. The predicted molar refractivity (Wildman–Crippen MR) is 96.5 cm³/mol. The number of benzene rings is 1. The number of nitrogens with zero attached hydrogens (tertiary/aromatic N) is 3. The first-order valence-corrected chi connectivity index (χ1v) is 8.59. The van der Waals surface area contributed by atoms with Gasteiger partial charge < -0.3 is 19.5 Å². The molecule has 0 saturated carbocycles. The molecule has 0 bridgehead atoms. The van der Waals surface area contributed by atoms with Crippen LogP contribution < -0.4 is 0 Å². The van der Waals surface area contributed by atoms with E-state index in [2.05, 4.69) is 13.8 Å². The van der Waals surface area contributed by atoms with Gasteiger partial charge in [0.25, 0.3) is 5.91 Å². The van der Waals surface area contributed by atoms with E-state index >= 15 is 0 Å². The number of aromatic nitrogens is 1. The molecule has 1 saturated heterocycles. The van der Waals surface area contributed by atoms with Gasteiger partial charge in [-0.15, -0.1) is 0 Å². The number of piperazine rings is 1. The molecule has 0 unspecified atom stereocenters. The highest BCUT2D eigenvalue weighted by Crippen LogP contribution is 2.30. The molecule has 0 radical (unpaired) electrons. The first kappa shape index (κ1) is 17.5. The van der Waals surface area contributed by atoms with Gasteiger partial charge in [-0.1, -0.05) is 13.8 Å². The molecule has 25 heavy (non-hydrogen) atoms. The molecule has 2 amide bonds. The third kappa shape index (κ3) is 3.02. The molecule has 134 valence electrons. The number of fused-ring (bicyclic) bond motifs is 1. The van der Waals surface area contributed by atoms with Gasteiger partial charge in [0.15, 0.2) is 0 Å². The number of hydrogen-bond donors (Lipinski definition) is 1. The predicted octanol–water partition coefficient (Wildman–Crippen LogP) is 1.71. The number of rotatable bonds is 3. The monoisotopic (exact) mass is 343 g/mol. The summed E-state index contributed by atoms with van der Waals surface area (Å²) in [6.45, 7) is 5.37. The SMILES string of the molecule is CC(C)c1cc(C(=O)N2CCN(C)C(=O)C2)cc2cc(CO)n(C)c12. The summed E-state index contributed by atoms with van der Waals surface area (Å²) in [5, 5.41) is 10.5. The molecular weight excluding hydrogens is 318 g/mol. The molecule has 1 fully saturated rings. The molecule has 3 rings (SSSR count). The Morgan fingerprint density at radius 3 is 2.52 bits per heavy atom. The zero-order valence-electron chi connectivity index (χ0n) is 15.2. The van der Waals surface area contributed by atoms with E-state index < -0.39 is 0 Å². The maximum absolute atomic E-state index is 12.9. The second-order valence-corrected chi connectivity index (χ2v) is 7.05. The third-order valence-corrected chi connectivity index (χ3v) is 5.03. The van der Waals surface area contributed by atoms with Crippen LogP contribution in [0.15, 0.2) is 18.2 Å². The van der Waals surface area contributed by atoms with Crippen molar-refractivity contribution < 1.29 is 14.7 Å². The summed E-state index contributed by atoms with van der Waals surface area (Å²) < 4.78 is 1.98. The van der Waals surface area contributed by atoms with Gasteiger partial charge >= 0.3 is 0 Å².